The van der Waals surface area contributed by atoms with Crippen LogP contribution in [0, 0.1) is 17.0 Å². The molecule has 2 aromatic rings. The molecular formula is C12H10Cl2N4O3. The van der Waals surface area contributed by atoms with Gasteiger partial charge in [0, 0.05) is 19.2 Å². The fraction of sp³-hybridized carbons (Fsp3) is 0.167. The van der Waals surface area contributed by atoms with Crippen LogP contribution in [0.25, 0.3) is 0 Å². The van der Waals surface area contributed by atoms with Gasteiger partial charge in [-0.05, 0) is 13.0 Å². The number of amides is 1. The number of anilines is 1. The molecule has 1 heterocycles. The summed E-state index contributed by atoms with van der Waals surface area (Å²) in [4.78, 5) is 22.3. The molecule has 9 heteroatoms. The lowest BCUT2D eigenvalue weighted by molar-refractivity contribution is -0.384. The van der Waals surface area contributed by atoms with Crippen molar-refractivity contribution >= 4 is 40.5 Å². The third-order valence-corrected chi connectivity index (χ3v) is 3.67. The minimum Gasteiger partial charge on any atom is -0.319 e. The smallest absolute Gasteiger partial charge is 0.277 e. The van der Waals surface area contributed by atoms with Crippen LogP contribution in [0.5, 0.6) is 0 Å². The van der Waals surface area contributed by atoms with Gasteiger partial charge >= 0.3 is 0 Å². The number of nitrogens with zero attached hydrogens (tertiary/aromatic N) is 3. The van der Waals surface area contributed by atoms with E-state index in [1.807, 2.05) is 0 Å². The van der Waals surface area contributed by atoms with Gasteiger partial charge in [-0.2, -0.15) is 5.10 Å². The van der Waals surface area contributed by atoms with E-state index in [1.165, 1.54) is 22.9 Å². The Balaban J connectivity index is 2.33. The van der Waals surface area contributed by atoms with Crippen molar-refractivity contribution in [2.75, 3.05) is 5.32 Å². The Hall–Kier alpha value is -2.12. The van der Waals surface area contributed by atoms with Crippen molar-refractivity contribution in [1.82, 2.24) is 9.78 Å². The Labute approximate surface area is 129 Å². The monoisotopic (exact) mass is 328 g/mol. The van der Waals surface area contributed by atoms with Gasteiger partial charge in [-0.25, -0.2) is 0 Å². The van der Waals surface area contributed by atoms with E-state index in [0.717, 1.165) is 0 Å². The van der Waals surface area contributed by atoms with Crippen molar-refractivity contribution in [3.63, 3.8) is 0 Å². The van der Waals surface area contributed by atoms with Gasteiger partial charge in [0.15, 0.2) is 5.69 Å². The normalized spacial score (nSPS) is 10.5. The summed E-state index contributed by atoms with van der Waals surface area (Å²) < 4.78 is 1.46. The fourth-order valence-electron chi connectivity index (χ4n) is 1.63. The van der Waals surface area contributed by atoms with E-state index in [2.05, 4.69) is 10.4 Å². The zero-order valence-electron chi connectivity index (χ0n) is 11.1. The minimum absolute atomic E-state index is 0.0271. The molecule has 0 aliphatic heterocycles. The third kappa shape index (κ3) is 2.98. The average molecular weight is 329 g/mol. The van der Waals surface area contributed by atoms with Crippen molar-refractivity contribution in [2.45, 2.75) is 6.92 Å². The first kappa shape index (κ1) is 15.3. The van der Waals surface area contributed by atoms with Gasteiger partial charge in [0.05, 0.1) is 26.3 Å². The third-order valence-electron chi connectivity index (χ3n) is 2.89. The number of aryl methyl sites for hydroxylation is 1. The Kier molecular flexibility index (Phi) is 4.15. The maximum atomic E-state index is 12.1. The molecule has 21 heavy (non-hydrogen) atoms. The Bertz CT molecular complexity index is 742. The molecule has 0 aliphatic carbocycles. The molecule has 1 N–H and O–H groups in total. The van der Waals surface area contributed by atoms with Gasteiger partial charge in [-0.3, -0.25) is 19.6 Å². The number of hydrogen-bond donors (Lipinski definition) is 1. The summed E-state index contributed by atoms with van der Waals surface area (Å²) >= 11 is 11.9. The first-order valence-electron chi connectivity index (χ1n) is 5.75. The Morgan fingerprint density at radius 2 is 2.10 bits per heavy atom. The summed E-state index contributed by atoms with van der Waals surface area (Å²) in [6, 6.07) is 3.75. The predicted octanol–water partition coefficient (Wildman–Crippen LogP) is 3.20. The Morgan fingerprint density at radius 3 is 2.62 bits per heavy atom. The van der Waals surface area contributed by atoms with E-state index in [4.69, 9.17) is 23.2 Å². The molecular weight excluding hydrogens is 319 g/mol. The zero-order valence-corrected chi connectivity index (χ0v) is 12.6. The van der Waals surface area contributed by atoms with Gasteiger partial charge < -0.3 is 5.32 Å². The van der Waals surface area contributed by atoms with E-state index in [-0.39, 0.29) is 27.1 Å². The minimum atomic E-state index is -0.592. The van der Waals surface area contributed by atoms with Crippen LogP contribution < -0.4 is 5.32 Å². The van der Waals surface area contributed by atoms with Gasteiger partial charge in [-0.15, -0.1) is 0 Å². The fourth-order valence-corrected chi connectivity index (χ4v) is 2.04. The van der Waals surface area contributed by atoms with Crippen molar-refractivity contribution < 1.29 is 9.72 Å². The molecule has 0 saturated heterocycles. The number of nitro groups is 1. The second-order valence-electron chi connectivity index (χ2n) is 4.25. The van der Waals surface area contributed by atoms with Gasteiger partial charge in [0.25, 0.3) is 11.6 Å². The molecule has 1 aromatic heterocycles. The molecule has 0 spiro atoms. The van der Waals surface area contributed by atoms with E-state index < -0.39 is 10.8 Å². The largest absolute Gasteiger partial charge is 0.319 e. The number of nitro benzene ring substituents is 1. The number of non-ortho nitro benzene ring substituents is 1. The van der Waals surface area contributed by atoms with E-state index in [1.54, 1.807) is 14.0 Å². The maximum Gasteiger partial charge on any atom is 0.277 e. The molecule has 1 aromatic carbocycles. The summed E-state index contributed by atoms with van der Waals surface area (Å²) in [5, 5.41) is 17.6. The van der Waals surface area contributed by atoms with Crippen molar-refractivity contribution in [1.29, 1.82) is 0 Å². The number of halogens is 2. The topological polar surface area (TPSA) is 90.1 Å². The van der Waals surface area contributed by atoms with Gasteiger partial charge in [-0.1, -0.05) is 23.2 Å². The van der Waals surface area contributed by atoms with Crippen molar-refractivity contribution in [2.24, 2.45) is 7.05 Å². The second-order valence-corrected chi connectivity index (χ2v) is 5.03. The molecule has 0 radical (unpaired) electrons. The molecule has 7 nitrogen and oxygen atoms in total. The van der Waals surface area contributed by atoms with E-state index >= 15 is 0 Å². The highest BCUT2D eigenvalue weighted by Gasteiger charge is 2.20. The lowest BCUT2D eigenvalue weighted by atomic mass is 10.2. The lowest BCUT2D eigenvalue weighted by Gasteiger charge is -2.05. The van der Waals surface area contributed by atoms with Crippen LogP contribution in [-0.4, -0.2) is 20.6 Å². The van der Waals surface area contributed by atoms with Crippen LogP contribution >= 0.6 is 23.2 Å². The number of carbonyl (C=O) groups is 1. The van der Waals surface area contributed by atoms with Crippen molar-refractivity contribution in [3.8, 4) is 0 Å². The average Bonchev–Trinajstić information content (AvgIpc) is 2.68. The summed E-state index contributed by atoms with van der Waals surface area (Å²) in [6.07, 6.45) is 0. The standard InChI is InChI=1S/C12H10Cl2N4O3/c1-6-10(14)11(16-17(6)2)12(19)15-9-5-7(18(20)21)3-4-8(9)13/h3-5H,1-2H3,(H,15,19). The molecule has 110 valence electrons. The number of nitrogens with one attached hydrogen (secondary N) is 1. The lowest BCUT2D eigenvalue weighted by Crippen LogP contribution is -2.14. The van der Waals surface area contributed by atoms with E-state index in [9.17, 15) is 14.9 Å². The molecule has 0 bridgehead atoms. The van der Waals surface area contributed by atoms with Crippen LogP contribution in [0.1, 0.15) is 16.2 Å². The number of carbonyl (C=O) groups excluding carboxylic acids is 1. The number of hydrogen-bond acceptors (Lipinski definition) is 4. The number of rotatable bonds is 3. The molecule has 0 fully saturated rings. The number of benzene rings is 1. The van der Waals surface area contributed by atoms with Gasteiger partial charge in [0.2, 0.25) is 0 Å². The van der Waals surface area contributed by atoms with Crippen LogP contribution in [0.4, 0.5) is 11.4 Å². The second kappa shape index (κ2) is 5.71. The molecule has 2 rings (SSSR count). The molecule has 0 unspecified atom stereocenters. The number of aromatic nitrogens is 2. The van der Waals surface area contributed by atoms with E-state index in [0.29, 0.717) is 5.69 Å². The SMILES string of the molecule is Cc1c(Cl)c(C(=O)Nc2cc([N+](=O)[O-])ccc2Cl)nn1C. The summed E-state index contributed by atoms with van der Waals surface area (Å²) in [5.41, 5.74) is 0.597. The molecule has 0 saturated carbocycles. The summed E-state index contributed by atoms with van der Waals surface area (Å²) in [7, 11) is 1.65. The summed E-state index contributed by atoms with van der Waals surface area (Å²) in [5.74, 6) is -0.592. The van der Waals surface area contributed by atoms with Crippen LogP contribution in [0.2, 0.25) is 10.0 Å². The first-order chi connectivity index (χ1) is 9.81. The molecule has 1 amide bonds. The highest BCUT2D eigenvalue weighted by Crippen LogP contribution is 2.28. The van der Waals surface area contributed by atoms with Crippen molar-refractivity contribution in [3.05, 3.63) is 49.7 Å². The molecule has 0 atom stereocenters. The molecule has 0 aliphatic rings. The van der Waals surface area contributed by atoms with Crippen LogP contribution in [-0.2, 0) is 7.05 Å². The van der Waals surface area contributed by atoms with Crippen LogP contribution in [0.15, 0.2) is 18.2 Å². The van der Waals surface area contributed by atoms with Gasteiger partial charge in [0.1, 0.15) is 0 Å². The zero-order chi connectivity index (χ0) is 15.7. The highest BCUT2D eigenvalue weighted by atomic mass is 35.5. The first-order valence-corrected chi connectivity index (χ1v) is 6.51. The Morgan fingerprint density at radius 1 is 1.43 bits per heavy atom. The predicted molar refractivity (Wildman–Crippen MR) is 79.0 cm³/mol. The quantitative estimate of drug-likeness (QED) is 0.691. The summed E-state index contributed by atoms with van der Waals surface area (Å²) in [6.45, 7) is 1.71. The highest BCUT2D eigenvalue weighted by molar-refractivity contribution is 6.36. The maximum absolute atomic E-state index is 12.1. The van der Waals surface area contributed by atoms with Crippen LogP contribution in [0.3, 0.4) is 0 Å².